The van der Waals surface area contributed by atoms with Crippen LogP contribution >= 0.6 is 7.75 Å². The Balaban J connectivity index is 2.39. The van der Waals surface area contributed by atoms with E-state index in [-0.39, 0.29) is 22.7 Å². The molecule has 0 aliphatic carbocycles. The molecule has 0 fully saturated rings. The lowest BCUT2D eigenvalue weighted by Crippen LogP contribution is -2.10. The smallest absolute Gasteiger partial charge is 0.427 e. The maximum atomic E-state index is 11.2. The molecule has 2 rings (SSSR count). The summed E-state index contributed by atoms with van der Waals surface area (Å²) >= 11 is 0. The van der Waals surface area contributed by atoms with Gasteiger partial charge in [0.15, 0.2) is 0 Å². The van der Waals surface area contributed by atoms with Crippen LogP contribution in [0.2, 0.25) is 0 Å². The van der Waals surface area contributed by atoms with E-state index in [0.717, 1.165) is 0 Å². The summed E-state index contributed by atoms with van der Waals surface area (Å²) in [7, 11) is -4.56. The summed E-state index contributed by atoms with van der Waals surface area (Å²) in [6.45, 7) is 1.70. The van der Waals surface area contributed by atoms with Crippen LogP contribution in [-0.2, 0) is 4.57 Å². The monoisotopic (exact) mass is 339 g/mol. The number of nitrogens with one attached hydrogen (secondary N) is 1. The van der Waals surface area contributed by atoms with Crippen molar-refractivity contribution in [2.75, 3.05) is 5.09 Å². The van der Waals surface area contributed by atoms with Crippen molar-refractivity contribution in [3.8, 4) is 11.5 Å². The number of aliphatic hydroxyl groups excluding tert-OH is 1. The lowest BCUT2D eigenvalue weighted by Gasteiger charge is -2.23. The van der Waals surface area contributed by atoms with E-state index in [1.54, 1.807) is 19.1 Å². The summed E-state index contributed by atoms with van der Waals surface area (Å²) < 4.78 is 11.2. The Morgan fingerprint density at radius 3 is 2.30 bits per heavy atom. The Kier molecular flexibility index (Phi) is 4.97. The number of benzene rings is 2. The zero-order valence-corrected chi connectivity index (χ0v) is 13.2. The fourth-order valence-electron chi connectivity index (χ4n) is 2.31. The Bertz CT molecular complexity index is 744. The van der Waals surface area contributed by atoms with Crippen LogP contribution in [0.15, 0.2) is 42.5 Å². The first-order valence-corrected chi connectivity index (χ1v) is 8.42. The standard InChI is InChI=1S/C15H18NO6P/c1-9(10-3-2-4-11(17)7-10)15(19)13-8-12(18)5-6-14(13)16-23(20,21)22/h2-9,15,17-19H,1H3,(H3,16,20,21,22). The lowest BCUT2D eigenvalue weighted by molar-refractivity contribution is 0.152. The normalized spacial score (nSPS) is 14.3. The van der Waals surface area contributed by atoms with Crippen molar-refractivity contribution >= 4 is 13.4 Å². The molecule has 6 N–H and O–H groups in total. The average Bonchev–Trinajstić information content (AvgIpc) is 2.46. The molecular weight excluding hydrogens is 321 g/mol. The predicted octanol–water partition coefficient (Wildman–Crippen LogP) is 2.44. The fourth-order valence-corrected chi connectivity index (χ4v) is 2.83. The first-order chi connectivity index (χ1) is 10.7. The Morgan fingerprint density at radius 1 is 1.04 bits per heavy atom. The van der Waals surface area contributed by atoms with Gasteiger partial charge in [0.25, 0.3) is 0 Å². The topological polar surface area (TPSA) is 130 Å². The van der Waals surface area contributed by atoms with Gasteiger partial charge in [-0.05, 0) is 35.9 Å². The molecule has 2 aromatic carbocycles. The van der Waals surface area contributed by atoms with Crippen molar-refractivity contribution in [2.24, 2.45) is 0 Å². The highest BCUT2D eigenvalue weighted by atomic mass is 31.2. The van der Waals surface area contributed by atoms with Gasteiger partial charge in [0.2, 0.25) is 0 Å². The summed E-state index contributed by atoms with van der Waals surface area (Å²) in [5.41, 5.74) is 0.808. The van der Waals surface area contributed by atoms with Gasteiger partial charge in [-0.2, -0.15) is 0 Å². The molecule has 0 heterocycles. The number of hydrogen-bond donors (Lipinski definition) is 6. The van der Waals surface area contributed by atoms with Gasteiger partial charge in [0.1, 0.15) is 11.5 Å². The average molecular weight is 339 g/mol. The van der Waals surface area contributed by atoms with Gasteiger partial charge in [-0.15, -0.1) is 0 Å². The molecular formula is C15H18NO6P. The number of hydrogen-bond acceptors (Lipinski definition) is 4. The van der Waals surface area contributed by atoms with Gasteiger partial charge in [-0.1, -0.05) is 19.1 Å². The molecule has 0 bridgehead atoms. The van der Waals surface area contributed by atoms with Crippen LogP contribution in [0.1, 0.15) is 30.1 Å². The van der Waals surface area contributed by atoms with Gasteiger partial charge >= 0.3 is 7.75 Å². The van der Waals surface area contributed by atoms with Crippen molar-refractivity contribution in [1.29, 1.82) is 0 Å². The summed E-state index contributed by atoms with van der Waals surface area (Å²) in [6, 6.07) is 10.1. The van der Waals surface area contributed by atoms with Crippen molar-refractivity contribution in [2.45, 2.75) is 18.9 Å². The van der Waals surface area contributed by atoms with Crippen LogP contribution in [0, 0.1) is 0 Å². The maximum Gasteiger partial charge on any atom is 0.427 e. The second-order valence-electron chi connectivity index (χ2n) is 5.26. The van der Waals surface area contributed by atoms with Gasteiger partial charge in [0, 0.05) is 17.2 Å². The minimum atomic E-state index is -4.56. The molecule has 0 aliphatic heterocycles. The molecule has 0 spiro atoms. The van der Waals surface area contributed by atoms with Crippen molar-refractivity contribution in [3.05, 3.63) is 53.6 Å². The van der Waals surface area contributed by atoms with E-state index in [2.05, 4.69) is 0 Å². The van der Waals surface area contributed by atoms with Crippen LogP contribution in [0.4, 0.5) is 5.69 Å². The van der Waals surface area contributed by atoms with Crippen LogP contribution < -0.4 is 5.09 Å². The second kappa shape index (κ2) is 6.60. The number of phenols is 2. The summed E-state index contributed by atoms with van der Waals surface area (Å²) in [4.78, 5) is 18.1. The third-order valence-corrected chi connectivity index (χ3v) is 4.02. The Hall–Kier alpha value is -2.05. The minimum Gasteiger partial charge on any atom is -0.508 e. The van der Waals surface area contributed by atoms with Gasteiger partial charge in [-0.3, -0.25) is 5.09 Å². The number of anilines is 1. The predicted molar refractivity (Wildman–Crippen MR) is 85.3 cm³/mol. The van der Waals surface area contributed by atoms with Crippen molar-refractivity contribution in [1.82, 2.24) is 0 Å². The van der Waals surface area contributed by atoms with Crippen LogP contribution in [-0.4, -0.2) is 25.1 Å². The molecule has 2 unspecified atom stereocenters. The third kappa shape index (κ3) is 4.46. The van der Waals surface area contributed by atoms with E-state index >= 15 is 0 Å². The van der Waals surface area contributed by atoms with Crippen molar-refractivity contribution in [3.63, 3.8) is 0 Å². The summed E-state index contributed by atoms with van der Waals surface area (Å²) in [5, 5.41) is 31.7. The molecule has 0 radical (unpaired) electrons. The highest BCUT2D eigenvalue weighted by molar-refractivity contribution is 7.53. The molecule has 7 nitrogen and oxygen atoms in total. The van der Waals surface area contributed by atoms with E-state index in [9.17, 15) is 19.9 Å². The van der Waals surface area contributed by atoms with E-state index in [4.69, 9.17) is 9.79 Å². The number of phenolic OH excluding ortho intramolecular Hbond substituents is 2. The molecule has 0 aromatic heterocycles. The number of rotatable bonds is 5. The first-order valence-electron chi connectivity index (χ1n) is 6.81. The zero-order chi connectivity index (χ0) is 17.2. The number of aromatic hydroxyl groups is 2. The van der Waals surface area contributed by atoms with Crippen LogP contribution in [0.25, 0.3) is 0 Å². The minimum absolute atomic E-state index is 0.0237. The van der Waals surface area contributed by atoms with Gasteiger partial charge in [0.05, 0.1) is 6.10 Å². The molecule has 8 heteroatoms. The van der Waals surface area contributed by atoms with Crippen molar-refractivity contribution < 1.29 is 29.7 Å². The summed E-state index contributed by atoms with van der Waals surface area (Å²) in [6.07, 6.45) is -1.15. The molecule has 124 valence electrons. The van der Waals surface area contributed by atoms with E-state index in [0.29, 0.717) is 5.56 Å². The molecule has 0 aliphatic rings. The zero-order valence-electron chi connectivity index (χ0n) is 12.3. The Morgan fingerprint density at radius 2 is 1.70 bits per heavy atom. The van der Waals surface area contributed by atoms with Gasteiger partial charge in [-0.25, -0.2) is 4.57 Å². The highest BCUT2D eigenvalue weighted by Gasteiger charge is 2.24. The summed E-state index contributed by atoms with van der Waals surface area (Å²) in [5.74, 6) is -0.578. The molecule has 23 heavy (non-hydrogen) atoms. The molecule has 2 atom stereocenters. The molecule has 0 amide bonds. The SMILES string of the molecule is CC(c1cccc(O)c1)C(O)c1cc(O)ccc1NP(=O)(O)O. The molecule has 0 saturated carbocycles. The molecule has 0 saturated heterocycles. The van der Waals surface area contributed by atoms with Crippen LogP contribution in [0.5, 0.6) is 11.5 Å². The van der Waals surface area contributed by atoms with E-state index in [1.807, 2.05) is 5.09 Å². The highest BCUT2D eigenvalue weighted by Crippen LogP contribution is 2.42. The Labute approximate surface area is 133 Å². The molecule has 2 aromatic rings. The quantitative estimate of drug-likeness (QED) is 0.364. The van der Waals surface area contributed by atoms with Crippen LogP contribution in [0.3, 0.4) is 0 Å². The van der Waals surface area contributed by atoms with Gasteiger partial charge < -0.3 is 25.1 Å². The first kappa shape index (κ1) is 17.3. The second-order valence-corrected chi connectivity index (χ2v) is 6.57. The number of aliphatic hydroxyl groups is 1. The fraction of sp³-hybridized carbons (Fsp3) is 0.200. The largest absolute Gasteiger partial charge is 0.508 e. The van der Waals surface area contributed by atoms with E-state index < -0.39 is 19.8 Å². The lowest BCUT2D eigenvalue weighted by atomic mass is 9.90. The third-order valence-electron chi connectivity index (χ3n) is 3.49. The van der Waals surface area contributed by atoms with E-state index in [1.165, 1.54) is 30.3 Å². The maximum absolute atomic E-state index is 11.2.